The molecule has 2 heterocycles. The second-order valence-corrected chi connectivity index (χ2v) is 5.76. The van der Waals surface area contributed by atoms with Crippen LogP contribution in [0.1, 0.15) is 12.5 Å². The van der Waals surface area contributed by atoms with Crippen molar-refractivity contribution in [1.29, 1.82) is 5.26 Å². The van der Waals surface area contributed by atoms with Crippen molar-refractivity contribution in [3.8, 4) is 6.07 Å². The first-order valence-corrected chi connectivity index (χ1v) is 7.35. The van der Waals surface area contributed by atoms with Gasteiger partial charge in [0.25, 0.3) is 0 Å². The molecule has 0 spiro atoms. The molecule has 1 aromatic carbocycles. The Kier molecular flexibility index (Phi) is 3.90. The van der Waals surface area contributed by atoms with Crippen LogP contribution in [0.5, 0.6) is 0 Å². The maximum Gasteiger partial charge on any atom is 0.0991 e. The van der Waals surface area contributed by atoms with Crippen molar-refractivity contribution in [3.05, 3.63) is 29.8 Å². The molecule has 3 rings (SSSR count). The van der Waals surface area contributed by atoms with Gasteiger partial charge in [0, 0.05) is 37.9 Å². The Bertz CT molecular complexity index is 487. The van der Waals surface area contributed by atoms with E-state index in [-0.39, 0.29) is 0 Å². The predicted octanol–water partition coefficient (Wildman–Crippen LogP) is 1.72. The predicted molar refractivity (Wildman–Crippen MR) is 78.7 cm³/mol. The molecule has 0 saturated carbocycles. The van der Waals surface area contributed by atoms with E-state index in [1.807, 2.05) is 12.1 Å². The minimum absolute atomic E-state index is 0.620. The quantitative estimate of drug-likeness (QED) is 0.821. The minimum Gasteiger partial charge on any atom is -0.379 e. The third-order valence-corrected chi connectivity index (χ3v) is 4.45. The van der Waals surface area contributed by atoms with E-state index in [2.05, 4.69) is 34.9 Å². The Morgan fingerprint density at radius 3 is 2.50 bits per heavy atom. The van der Waals surface area contributed by atoms with Crippen LogP contribution in [0, 0.1) is 17.2 Å². The van der Waals surface area contributed by atoms with Gasteiger partial charge < -0.3 is 9.64 Å². The van der Waals surface area contributed by atoms with Gasteiger partial charge in [-0.15, -0.1) is 0 Å². The smallest absolute Gasteiger partial charge is 0.0991 e. The highest BCUT2D eigenvalue weighted by Gasteiger charge is 2.34. The summed E-state index contributed by atoms with van der Waals surface area (Å²) in [5, 5.41) is 8.87. The van der Waals surface area contributed by atoms with E-state index >= 15 is 0 Å². The lowest BCUT2D eigenvalue weighted by atomic mass is 10.0. The first kappa shape index (κ1) is 13.4. The van der Waals surface area contributed by atoms with Gasteiger partial charge in [-0.25, -0.2) is 0 Å². The van der Waals surface area contributed by atoms with Gasteiger partial charge in [-0.1, -0.05) is 6.92 Å². The van der Waals surface area contributed by atoms with E-state index in [4.69, 9.17) is 10.00 Å². The van der Waals surface area contributed by atoms with Crippen molar-refractivity contribution in [1.82, 2.24) is 4.90 Å². The van der Waals surface area contributed by atoms with Crippen molar-refractivity contribution in [2.45, 2.75) is 13.0 Å². The molecule has 0 amide bonds. The molecule has 2 atom stereocenters. The number of morpholine rings is 1. The lowest BCUT2D eigenvalue weighted by Gasteiger charge is -2.34. The highest BCUT2D eigenvalue weighted by molar-refractivity contribution is 5.50. The van der Waals surface area contributed by atoms with Gasteiger partial charge in [0.05, 0.1) is 24.8 Å². The Morgan fingerprint density at radius 2 is 1.85 bits per heavy atom. The molecular weight excluding hydrogens is 250 g/mol. The number of anilines is 1. The van der Waals surface area contributed by atoms with Crippen LogP contribution in [0.3, 0.4) is 0 Å². The van der Waals surface area contributed by atoms with Gasteiger partial charge in [-0.05, 0) is 30.2 Å². The maximum absolute atomic E-state index is 8.87. The van der Waals surface area contributed by atoms with Crippen molar-refractivity contribution in [3.63, 3.8) is 0 Å². The molecule has 106 valence electrons. The molecule has 0 radical (unpaired) electrons. The van der Waals surface area contributed by atoms with Gasteiger partial charge in [-0.3, -0.25) is 4.90 Å². The first-order chi connectivity index (χ1) is 9.78. The van der Waals surface area contributed by atoms with Crippen LogP contribution in [-0.4, -0.2) is 50.3 Å². The van der Waals surface area contributed by atoms with Crippen molar-refractivity contribution < 1.29 is 4.74 Å². The van der Waals surface area contributed by atoms with Crippen molar-refractivity contribution >= 4 is 5.69 Å². The summed E-state index contributed by atoms with van der Waals surface area (Å²) in [6.45, 7) is 8.33. The number of benzene rings is 1. The zero-order valence-corrected chi connectivity index (χ0v) is 12.0. The summed E-state index contributed by atoms with van der Waals surface area (Å²) < 4.78 is 5.45. The lowest BCUT2D eigenvalue weighted by molar-refractivity contribution is 0.0134. The molecule has 0 aliphatic carbocycles. The number of rotatable bonds is 2. The summed E-state index contributed by atoms with van der Waals surface area (Å²) in [6.07, 6.45) is 0. The highest BCUT2D eigenvalue weighted by Crippen LogP contribution is 2.27. The zero-order chi connectivity index (χ0) is 13.9. The Hall–Kier alpha value is -1.57. The Labute approximate surface area is 120 Å². The van der Waals surface area contributed by atoms with E-state index in [0.29, 0.717) is 12.0 Å². The van der Waals surface area contributed by atoms with E-state index in [1.54, 1.807) is 0 Å². The fourth-order valence-electron chi connectivity index (χ4n) is 3.29. The summed E-state index contributed by atoms with van der Waals surface area (Å²) in [4.78, 5) is 5.00. The third-order valence-electron chi connectivity index (χ3n) is 4.45. The van der Waals surface area contributed by atoms with Gasteiger partial charge in [0.1, 0.15) is 0 Å². The molecule has 2 aliphatic rings. The number of nitrogens with zero attached hydrogens (tertiary/aromatic N) is 3. The maximum atomic E-state index is 8.87. The summed E-state index contributed by atoms with van der Waals surface area (Å²) in [5.74, 6) is 0.670. The van der Waals surface area contributed by atoms with Gasteiger partial charge in [0.2, 0.25) is 0 Å². The van der Waals surface area contributed by atoms with E-state index < -0.39 is 0 Å². The molecule has 0 aromatic heterocycles. The van der Waals surface area contributed by atoms with Crippen LogP contribution >= 0.6 is 0 Å². The zero-order valence-electron chi connectivity index (χ0n) is 12.0. The van der Waals surface area contributed by atoms with Crippen LogP contribution in [0.4, 0.5) is 5.69 Å². The number of ether oxygens (including phenoxy) is 1. The average Bonchev–Trinajstić information content (AvgIpc) is 2.90. The standard InChI is InChI=1S/C16H21N3O/c1-13-11-19(15-4-2-14(10-17)3-5-15)12-16(13)18-6-8-20-9-7-18/h2-5,13,16H,6-9,11-12H2,1H3/t13-,16+/m0/s1. The average molecular weight is 271 g/mol. The number of hydrogen-bond donors (Lipinski definition) is 0. The fourth-order valence-corrected chi connectivity index (χ4v) is 3.29. The SMILES string of the molecule is C[C@H]1CN(c2ccc(C#N)cc2)C[C@H]1N1CCOCC1. The largest absolute Gasteiger partial charge is 0.379 e. The third kappa shape index (κ3) is 2.65. The fraction of sp³-hybridized carbons (Fsp3) is 0.562. The number of nitriles is 1. The molecule has 4 nitrogen and oxygen atoms in total. The van der Waals surface area contributed by atoms with Crippen LogP contribution in [-0.2, 0) is 4.74 Å². The Balaban J connectivity index is 1.69. The Morgan fingerprint density at radius 1 is 1.15 bits per heavy atom. The summed E-state index contributed by atoms with van der Waals surface area (Å²) >= 11 is 0. The normalized spacial score (nSPS) is 27.5. The second-order valence-electron chi connectivity index (χ2n) is 5.76. The number of hydrogen-bond acceptors (Lipinski definition) is 4. The van der Waals surface area contributed by atoms with E-state index in [9.17, 15) is 0 Å². The molecule has 2 saturated heterocycles. The summed E-state index contributed by atoms with van der Waals surface area (Å²) in [6, 6.07) is 10.7. The van der Waals surface area contributed by atoms with Crippen LogP contribution in [0.25, 0.3) is 0 Å². The lowest BCUT2D eigenvalue weighted by Crippen LogP contribution is -2.46. The van der Waals surface area contributed by atoms with Crippen molar-refractivity contribution in [2.75, 3.05) is 44.3 Å². The van der Waals surface area contributed by atoms with Crippen LogP contribution in [0.15, 0.2) is 24.3 Å². The monoisotopic (exact) mass is 271 g/mol. The van der Waals surface area contributed by atoms with Crippen LogP contribution < -0.4 is 4.90 Å². The van der Waals surface area contributed by atoms with E-state index in [0.717, 1.165) is 45.0 Å². The topological polar surface area (TPSA) is 39.5 Å². The molecule has 0 bridgehead atoms. The molecule has 4 heteroatoms. The first-order valence-electron chi connectivity index (χ1n) is 7.35. The molecule has 2 aliphatic heterocycles. The molecular formula is C16H21N3O. The van der Waals surface area contributed by atoms with Crippen LogP contribution in [0.2, 0.25) is 0 Å². The molecule has 20 heavy (non-hydrogen) atoms. The molecule has 0 unspecified atom stereocenters. The van der Waals surface area contributed by atoms with Gasteiger partial charge in [0.15, 0.2) is 0 Å². The second kappa shape index (κ2) is 5.82. The summed E-state index contributed by atoms with van der Waals surface area (Å²) in [7, 11) is 0. The highest BCUT2D eigenvalue weighted by atomic mass is 16.5. The minimum atomic E-state index is 0.620. The van der Waals surface area contributed by atoms with Gasteiger partial charge >= 0.3 is 0 Å². The molecule has 0 N–H and O–H groups in total. The molecule has 1 aromatic rings. The van der Waals surface area contributed by atoms with Crippen molar-refractivity contribution in [2.24, 2.45) is 5.92 Å². The molecule has 2 fully saturated rings. The van der Waals surface area contributed by atoms with Gasteiger partial charge in [-0.2, -0.15) is 5.26 Å². The summed E-state index contributed by atoms with van der Waals surface area (Å²) in [5.41, 5.74) is 1.96. The van der Waals surface area contributed by atoms with E-state index in [1.165, 1.54) is 5.69 Å².